The van der Waals surface area contributed by atoms with Crippen LogP contribution in [-0.4, -0.2) is 36.8 Å². The quantitative estimate of drug-likeness (QED) is 0.417. The Bertz CT molecular complexity index is 1230. The van der Waals surface area contributed by atoms with Crippen molar-refractivity contribution in [3.05, 3.63) is 83.7 Å². The minimum Gasteiger partial charge on any atom is -0.493 e. The summed E-state index contributed by atoms with van der Waals surface area (Å²) in [6, 6.07) is 21.6. The molecule has 0 fully saturated rings. The second-order valence-corrected chi connectivity index (χ2v) is 7.50. The van der Waals surface area contributed by atoms with Crippen LogP contribution in [0.15, 0.2) is 66.7 Å². The molecule has 0 unspecified atom stereocenters. The van der Waals surface area contributed by atoms with E-state index in [0.29, 0.717) is 29.4 Å². The number of aryl methyl sites for hydroxylation is 2. The fourth-order valence-corrected chi connectivity index (χ4v) is 3.87. The Hall–Kier alpha value is -4.00. The lowest BCUT2D eigenvalue weighted by Gasteiger charge is -2.14. The van der Waals surface area contributed by atoms with E-state index in [1.165, 1.54) is 26.9 Å². The van der Waals surface area contributed by atoms with Crippen LogP contribution < -0.4 is 19.5 Å². The number of rotatable bonds is 9. The average Bonchev–Trinajstić information content (AvgIpc) is 3.22. The second-order valence-electron chi connectivity index (χ2n) is 7.50. The van der Waals surface area contributed by atoms with Crippen molar-refractivity contribution in [3.63, 3.8) is 0 Å². The molecular weight excluding hydrogens is 418 g/mol. The number of imidazole rings is 1. The molecule has 0 aliphatic carbocycles. The monoisotopic (exact) mass is 445 g/mol. The van der Waals surface area contributed by atoms with Gasteiger partial charge in [-0.05, 0) is 36.2 Å². The highest BCUT2D eigenvalue weighted by Crippen LogP contribution is 2.38. The van der Waals surface area contributed by atoms with Gasteiger partial charge in [0.1, 0.15) is 5.82 Å². The summed E-state index contributed by atoms with van der Waals surface area (Å²) in [6.45, 7) is 1.05. The normalized spacial score (nSPS) is 10.8. The number of fused-ring (bicyclic) bond motifs is 1. The minimum atomic E-state index is -0.254. The lowest BCUT2D eigenvalue weighted by Crippen LogP contribution is -2.25. The fourth-order valence-electron chi connectivity index (χ4n) is 3.87. The molecule has 1 N–H and O–H groups in total. The molecule has 0 saturated heterocycles. The Morgan fingerprint density at radius 1 is 0.909 bits per heavy atom. The van der Waals surface area contributed by atoms with Gasteiger partial charge in [0.2, 0.25) is 5.75 Å². The maximum Gasteiger partial charge on any atom is 0.251 e. The Morgan fingerprint density at radius 3 is 2.24 bits per heavy atom. The zero-order valence-corrected chi connectivity index (χ0v) is 19.0. The summed E-state index contributed by atoms with van der Waals surface area (Å²) < 4.78 is 18.2. The van der Waals surface area contributed by atoms with Gasteiger partial charge in [0.05, 0.1) is 38.9 Å². The van der Waals surface area contributed by atoms with Crippen LogP contribution in [0, 0.1) is 0 Å². The van der Waals surface area contributed by atoms with E-state index in [4.69, 9.17) is 19.2 Å². The van der Waals surface area contributed by atoms with Crippen molar-refractivity contribution in [2.24, 2.45) is 0 Å². The summed E-state index contributed by atoms with van der Waals surface area (Å²) in [5, 5.41) is 2.98. The van der Waals surface area contributed by atoms with E-state index in [1.54, 1.807) is 12.1 Å². The average molecular weight is 446 g/mol. The number of para-hydroxylation sites is 2. The predicted molar refractivity (Wildman–Crippen MR) is 127 cm³/mol. The number of hydrogen-bond acceptors (Lipinski definition) is 5. The standard InChI is InChI=1S/C26H27N3O4/c1-31-22-15-19(16-23(32-2)25(22)33-3)26(30)27-17-24-28-20-11-7-8-12-21(20)29(24)14-13-18-9-5-4-6-10-18/h4-12,15-16H,13-14,17H2,1-3H3,(H,27,30). The molecule has 4 aromatic rings. The Kier molecular flexibility index (Phi) is 6.78. The molecular formula is C26H27N3O4. The van der Waals surface area contributed by atoms with Crippen molar-refractivity contribution in [2.75, 3.05) is 21.3 Å². The first-order valence-electron chi connectivity index (χ1n) is 10.7. The molecule has 0 radical (unpaired) electrons. The Labute approximate surface area is 192 Å². The molecule has 170 valence electrons. The lowest BCUT2D eigenvalue weighted by molar-refractivity contribution is 0.0948. The number of methoxy groups -OCH3 is 3. The molecule has 1 heterocycles. The molecule has 0 saturated carbocycles. The predicted octanol–water partition coefficient (Wildman–Crippen LogP) is 4.23. The number of hydrogen-bond donors (Lipinski definition) is 1. The van der Waals surface area contributed by atoms with Gasteiger partial charge in [0.15, 0.2) is 11.5 Å². The highest BCUT2D eigenvalue weighted by atomic mass is 16.5. The van der Waals surface area contributed by atoms with E-state index in [-0.39, 0.29) is 5.91 Å². The van der Waals surface area contributed by atoms with Crippen LogP contribution in [0.2, 0.25) is 0 Å². The van der Waals surface area contributed by atoms with Gasteiger partial charge in [0, 0.05) is 12.1 Å². The zero-order valence-electron chi connectivity index (χ0n) is 19.0. The summed E-state index contributed by atoms with van der Waals surface area (Å²) >= 11 is 0. The van der Waals surface area contributed by atoms with Gasteiger partial charge >= 0.3 is 0 Å². The van der Waals surface area contributed by atoms with Crippen molar-refractivity contribution in [3.8, 4) is 17.2 Å². The van der Waals surface area contributed by atoms with E-state index < -0.39 is 0 Å². The number of aromatic nitrogens is 2. The molecule has 7 heteroatoms. The molecule has 0 spiro atoms. The summed E-state index contributed by atoms with van der Waals surface area (Å²) in [6.07, 6.45) is 0.870. The van der Waals surface area contributed by atoms with Crippen molar-refractivity contribution in [1.82, 2.24) is 14.9 Å². The Balaban J connectivity index is 1.56. The number of carbonyl (C=O) groups excluding carboxylic acids is 1. The molecule has 1 amide bonds. The van der Waals surface area contributed by atoms with Crippen LogP contribution in [0.4, 0.5) is 0 Å². The lowest BCUT2D eigenvalue weighted by atomic mass is 10.1. The summed E-state index contributed by atoms with van der Waals surface area (Å²) in [5.74, 6) is 1.84. The van der Waals surface area contributed by atoms with Gasteiger partial charge in [0.25, 0.3) is 5.91 Å². The van der Waals surface area contributed by atoms with Crippen LogP contribution in [0.3, 0.4) is 0 Å². The molecule has 3 aromatic carbocycles. The number of nitrogens with one attached hydrogen (secondary N) is 1. The van der Waals surface area contributed by atoms with Crippen molar-refractivity contribution >= 4 is 16.9 Å². The highest BCUT2D eigenvalue weighted by Gasteiger charge is 2.18. The SMILES string of the molecule is COc1cc(C(=O)NCc2nc3ccccc3n2CCc2ccccc2)cc(OC)c1OC. The van der Waals surface area contributed by atoms with Crippen molar-refractivity contribution in [2.45, 2.75) is 19.5 Å². The topological polar surface area (TPSA) is 74.6 Å². The van der Waals surface area contributed by atoms with Gasteiger partial charge in [-0.2, -0.15) is 0 Å². The van der Waals surface area contributed by atoms with E-state index in [1.807, 2.05) is 36.4 Å². The number of benzene rings is 3. The summed E-state index contributed by atoms with van der Waals surface area (Å²) in [7, 11) is 4.57. The third-order valence-electron chi connectivity index (χ3n) is 5.53. The maximum absolute atomic E-state index is 13.0. The van der Waals surface area contributed by atoms with Crippen LogP contribution in [0.25, 0.3) is 11.0 Å². The van der Waals surface area contributed by atoms with Gasteiger partial charge in [-0.1, -0.05) is 42.5 Å². The minimum absolute atomic E-state index is 0.254. The largest absolute Gasteiger partial charge is 0.493 e. The van der Waals surface area contributed by atoms with Crippen LogP contribution in [0.1, 0.15) is 21.7 Å². The number of carbonyl (C=O) groups is 1. The van der Waals surface area contributed by atoms with E-state index in [2.05, 4.69) is 28.1 Å². The Morgan fingerprint density at radius 2 is 1.58 bits per heavy atom. The zero-order chi connectivity index (χ0) is 23.2. The van der Waals surface area contributed by atoms with Gasteiger partial charge in [-0.25, -0.2) is 4.98 Å². The first-order chi connectivity index (χ1) is 16.1. The molecule has 0 bridgehead atoms. The van der Waals surface area contributed by atoms with E-state index in [9.17, 15) is 4.79 Å². The van der Waals surface area contributed by atoms with E-state index in [0.717, 1.165) is 29.8 Å². The molecule has 0 aliphatic rings. The first-order valence-corrected chi connectivity index (χ1v) is 10.7. The van der Waals surface area contributed by atoms with Gasteiger partial charge in [-0.15, -0.1) is 0 Å². The molecule has 1 aromatic heterocycles. The molecule has 7 nitrogen and oxygen atoms in total. The van der Waals surface area contributed by atoms with Crippen molar-refractivity contribution in [1.29, 1.82) is 0 Å². The summed E-state index contributed by atoms with van der Waals surface area (Å²) in [4.78, 5) is 17.7. The first kappa shape index (κ1) is 22.2. The molecule has 0 atom stereocenters. The second kappa shape index (κ2) is 10.1. The molecule has 33 heavy (non-hydrogen) atoms. The van der Waals surface area contributed by atoms with Crippen LogP contribution >= 0.6 is 0 Å². The molecule has 0 aliphatic heterocycles. The van der Waals surface area contributed by atoms with Gasteiger partial charge < -0.3 is 24.1 Å². The molecule has 4 rings (SSSR count). The third kappa shape index (κ3) is 4.77. The fraction of sp³-hybridized carbons (Fsp3) is 0.231. The smallest absolute Gasteiger partial charge is 0.251 e. The maximum atomic E-state index is 13.0. The highest BCUT2D eigenvalue weighted by molar-refractivity contribution is 5.95. The number of amides is 1. The van der Waals surface area contributed by atoms with Crippen LogP contribution in [-0.2, 0) is 19.5 Å². The third-order valence-corrected chi connectivity index (χ3v) is 5.53. The summed E-state index contributed by atoms with van der Waals surface area (Å²) in [5.41, 5.74) is 3.62. The number of nitrogens with zero attached hydrogens (tertiary/aromatic N) is 2. The van der Waals surface area contributed by atoms with Gasteiger partial charge in [-0.3, -0.25) is 4.79 Å². The number of ether oxygens (including phenoxy) is 3. The van der Waals surface area contributed by atoms with Crippen molar-refractivity contribution < 1.29 is 19.0 Å². The van der Waals surface area contributed by atoms with Crippen LogP contribution in [0.5, 0.6) is 17.2 Å². The van der Waals surface area contributed by atoms with E-state index >= 15 is 0 Å².